The van der Waals surface area contributed by atoms with E-state index in [0.717, 1.165) is 25.7 Å². The third kappa shape index (κ3) is 3.60. The van der Waals surface area contributed by atoms with Crippen molar-refractivity contribution in [2.24, 2.45) is 17.8 Å². The Morgan fingerprint density at radius 1 is 1.33 bits per heavy atom. The average molecular weight is 377 g/mol. The molecular formula is C20H32N4O3. The van der Waals surface area contributed by atoms with Crippen LogP contribution in [0.3, 0.4) is 0 Å². The van der Waals surface area contributed by atoms with Crippen LogP contribution in [0.25, 0.3) is 0 Å². The maximum Gasteiger partial charge on any atom is 0.235 e. The number of nitrogens with zero attached hydrogens (tertiary/aromatic N) is 3. The Hall–Kier alpha value is -1.92. The van der Waals surface area contributed by atoms with Gasteiger partial charge in [0.25, 0.3) is 0 Å². The number of hydrogen-bond donors (Lipinski definition) is 1. The Balaban J connectivity index is 1.81. The summed E-state index contributed by atoms with van der Waals surface area (Å²) in [6.45, 7) is 11.1. The van der Waals surface area contributed by atoms with E-state index in [0.29, 0.717) is 24.8 Å². The number of carbonyl (C=O) groups excluding carboxylic acids is 2. The highest BCUT2D eigenvalue weighted by Gasteiger charge is 2.58. The molecule has 1 aromatic rings. The monoisotopic (exact) mass is 376 g/mol. The molecule has 7 heteroatoms. The lowest BCUT2D eigenvalue weighted by Crippen LogP contribution is -2.41. The molecule has 0 radical (unpaired) electrons. The van der Waals surface area contributed by atoms with Gasteiger partial charge in [-0.2, -0.15) is 4.98 Å². The molecule has 2 aliphatic rings. The predicted molar refractivity (Wildman–Crippen MR) is 101 cm³/mol. The lowest BCUT2D eigenvalue weighted by molar-refractivity contribution is -0.134. The average Bonchev–Trinajstić information content (AvgIpc) is 3.27. The molecule has 1 aliphatic heterocycles. The van der Waals surface area contributed by atoms with Crippen molar-refractivity contribution in [2.45, 2.75) is 71.8 Å². The second-order valence-electron chi connectivity index (χ2n) is 8.53. The molecule has 1 N–H and O–H groups in total. The molecule has 1 saturated heterocycles. The van der Waals surface area contributed by atoms with Gasteiger partial charge in [-0.15, -0.1) is 0 Å². The number of fused-ring (bicyclic) bond motifs is 1. The Morgan fingerprint density at radius 2 is 2.04 bits per heavy atom. The van der Waals surface area contributed by atoms with Crippen LogP contribution in [0.5, 0.6) is 0 Å². The van der Waals surface area contributed by atoms with E-state index in [9.17, 15) is 9.59 Å². The van der Waals surface area contributed by atoms with Crippen LogP contribution in [0.2, 0.25) is 0 Å². The van der Waals surface area contributed by atoms with E-state index in [4.69, 9.17) is 4.52 Å². The zero-order valence-corrected chi connectivity index (χ0v) is 17.1. The zero-order valence-electron chi connectivity index (χ0n) is 17.1. The highest BCUT2D eigenvalue weighted by atomic mass is 16.5. The standard InChI is InChI=1S/C20H32N4O3/c1-6-14(7-2)17(25)22-16-8-15-10-24(18(26)12(3)4)11-20(15,9-16)19-21-13(5)23-27-19/h12,14-16H,6-11H2,1-5H3,(H,22,25). The first-order valence-electron chi connectivity index (χ1n) is 10.2. The van der Waals surface area contributed by atoms with Gasteiger partial charge in [0.15, 0.2) is 5.82 Å². The summed E-state index contributed by atoms with van der Waals surface area (Å²) in [6.07, 6.45) is 3.29. The number of amides is 2. The van der Waals surface area contributed by atoms with Gasteiger partial charge in [-0.3, -0.25) is 9.59 Å². The maximum absolute atomic E-state index is 12.6. The SMILES string of the molecule is CCC(CC)C(=O)NC1CC2CN(C(=O)C(C)C)CC2(c2nc(C)no2)C1. The van der Waals surface area contributed by atoms with Gasteiger partial charge in [0, 0.05) is 31.0 Å². The molecule has 1 aliphatic carbocycles. The van der Waals surface area contributed by atoms with E-state index in [1.165, 1.54) is 0 Å². The van der Waals surface area contributed by atoms with E-state index in [1.54, 1.807) is 0 Å². The van der Waals surface area contributed by atoms with Crippen molar-refractivity contribution < 1.29 is 14.1 Å². The Labute approximate surface area is 161 Å². The van der Waals surface area contributed by atoms with Crippen LogP contribution in [-0.2, 0) is 15.0 Å². The van der Waals surface area contributed by atoms with Crippen LogP contribution >= 0.6 is 0 Å². The fourth-order valence-corrected chi connectivity index (χ4v) is 4.82. The van der Waals surface area contributed by atoms with Crippen LogP contribution < -0.4 is 5.32 Å². The van der Waals surface area contributed by atoms with Gasteiger partial charge in [-0.05, 0) is 38.5 Å². The summed E-state index contributed by atoms with van der Waals surface area (Å²) < 4.78 is 5.57. The molecule has 150 valence electrons. The number of aromatic nitrogens is 2. The molecule has 27 heavy (non-hydrogen) atoms. The van der Waals surface area contributed by atoms with E-state index in [1.807, 2.05) is 25.7 Å². The van der Waals surface area contributed by atoms with Crippen LogP contribution in [-0.4, -0.2) is 46.0 Å². The van der Waals surface area contributed by atoms with Gasteiger partial charge in [0.05, 0.1) is 5.41 Å². The summed E-state index contributed by atoms with van der Waals surface area (Å²) in [7, 11) is 0. The smallest absolute Gasteiger partial charge is 0.235 e. The third-order valence-corrected chi connectivity index (χ3v) is 6.34. The molecular weight excluding hydrogens is 344 g/mol. The van der Waals surface area contributed by atoms with E-state index < -0.39 is 0 Å². The number of rotatable bonds is 6. The van der Waals surface area contributed by atoms with Crippen LogP contribution in [0.15, 0.2) is 4.52 Å². The summed E-state index contributed by atoms with van der Waals surface area (Å²) in [4.78, 5) is 31.6. The molecule has 1 aromatic heterocycles. The summed E-state index contributed by atoms with van der Waals surface area (Å²) in [5.74, 6) is 1.78. The van der Waals surface area contributed by atoms with Crippen molar-refractivity contribution in [2.75, 3.05) is 13.1 Å². The molecule has 0 aromatic carbocycles. The van der Waals surface area contributed by atoms with Crippen molar-refractivity contribution in [3.05, 3.63) is 11.7 Å². The summed E-state index contributed by atoms with van der Waals surface area (Å²) in [5.41, 5.74) is -0.350. The lowest BCUT2D eigenvalue weighted by Gasteiger charge is -2.26. The van der Waals surface area contributed by atoms with Crippen LogP contribution in [0, 0.1) is 24.7 Å². The molecule has 2 fully saturated rings. The summed E-state index contributed by atoms with van der Waals surface area (Å²) in [5, 5.41) is 7.23. The zero-order chi connectivity index (χ0) is 19.8. The molecule has 2 heterocycles. The number of likely N-dealkylation sites (tertiary alicyclic amines) is 1. The van der Waals surface area contributed by atoms with Crippen LogP contribution in [0.4, 0.5) is 0 Å². The van der Waals surface area contributed by atoms with Crippen LogP contribution in [0.1, 0.15) is 65.1 Å². The Morgan fingerprint density at radius 3 is 2.59 bits per heavy atom. The number of hydrogen-bond acceptors (Lipinski definition) is 5. The minimum Gasteiger partial charge on any atom is -0.353 e. The fourth-order valence-electron chi connectivity index (χ4n) is 4.82. The van der Waals surface area contributed by atoms with Crippen molar-refractivity contribution >= 4 is 11.8 Å². The molecule has 7 nitrogen and oxygen atoms in total. The number of aryl methyl sites for hydroxylation is 1. The largest absolute Gasteiger partial charge is 0.353 e. The van der Waals surface area contributed by atoms with Gasteiger partial charge < -0.3 is 14.7 Å². The first-order chi connectivity index (χ1) is 12.8. The van der Waals surface area contributed by atoms with E-state index >= 15 is 0 Å². The number of nitrogens with one attached hydrogen (secondary N) is 1. The summed E-state index contributed by atoms with van der Waals surface area (Å²) >= 11 is 0. The molecule has 3 unspecified atom stereocenters. The minimum atomic E-state index is -0.350. The quantitative estimate of drug-likeness (QED) is 0.824. The lowest BCUT2D eigenvalue weighted by atomic mass is 9.80. The topological polar surface area (TPSA) is 88.3 Å². The van der Waals surface area contributed by atoms with Gasteiger partial charge in [0.1, 0.15) is 0 Å². The van der Waals surface area contributed by atoms with Crippen molar-refractivity contribution in [1.82, 2.24) is 20.4 Å². The molecule has 1 saturated carbocycles. The van der Waals surface area contributed by atoms with E-state index in [-0.39, 0.29) is 41.0 Å². The predicted octanol–water partition coefficient (Wildman–Crippen LogP) is 2.45. The second kappa shape index (κ2) is 7.60. The second-order valence-corrected chi connectivity index (χ2v) is 8.53. The van der Waals surface area contributed by atoms with Crippen molar-refractivity contribution in [1.29, 1.82) is 0 Å². The molecule has 2 amide bonds. The Kier molecular flexibility index (Phi) is 5.58. The normalized spacial score (nSPS) is 27.4. The molecule has 0 bridgehead atoms. The molecule has 3 rings (SSSR count). The first kappa shape index (κ1) is 19.8. The molecule has 0 spiro atoms. The minimum absolute atomic E-state index is 0.0318. The van der Waals surface area contributed by atoms with E-state index in [2.05, 4.69) is 29.3 Å². The summed E-state index contributed by atoms with van der Waals surface area (Å²) in [6, 6.07) is 0.0895. The highest BCUT2D eigenvalue weighted by Crippen LogP contribution is 2.50. The molecule has 3 atom stereocenters. The fraction of sp³-hybridized carbons (Fsp3) is 0.800. The van der Waals surface area contributed by atoms with Gasteiger partial charge in [-0.1, -0.05) is 32.9 Å². The van der Waals surface area contributed by atoms with Gasteiger partial charge in [0.2, 0.25) is 17.7 Å². The van der Waals surface area contributed by atoms with Gasteiger partial charge in [-0.25, -0.2) is 0 Å². The first-order valence-corrected chi connectivity index (χ1v) is 10.2. The highest BCUT2D eigenvalue weighted by molar-refractivity contribution is 5.79. The Bertz CT molecular complexity index is 697. The maximum atomic E-state index is 12.6. The van der Waals surface area contributed by atoms with Crippen molar-refractivity contribution in [3.8, 4) is 0 Å². The van der Waals surface area contributed by atoms with Crippen molar-refractivity contribution in [3.63, 3.8) is 0 Å². The number of carbonyl (C=O) groups is 2. The third-order valence-electron chi connectivity index (χ3n) is 6.34. The van der Waals surface area contributed by atoms with Gasteiger partial charge >= 0.3 is 0 Å².